The average Bonchev–Trinajstić information content (AvgIpc) is 3.25. The van der Waals surface area contributed by atoms with Gasteiger partial charge >= 0.3 is 0 Å². The lowest BCUT2D eigenvalue weighted by molar-refractivity contribution is 0.415. The number of thiocarbonyl (C=S) groups is 1. The van der Waals surface area contributed by atoms with Crippen molar-refractivity contribution in [1.82, 2.24) is 15.2 Å². The van der Waals surface area contributed by atoms with Gasteiger partial charge in [0, 0.05) is 23.0 Å². The van der Waals surface area contributed by atoms with Crippen molar-refractivity contribution in [2.24, 2.45) is 5.10 Å². The number of hydrazone groups is 1. The van der Waals surface area contributed by atoms with Crippen molar-refractivity contribution in [3.8, 4) is 22.7 Å². The van der Waals surface area contributed by atoms with Crippen LogP contribution in [0.5, 0.6) is 5.75 Å². The van der Waals surface area contributed by atoms with Gasteiger partial charge in [0.05, 0.1) is 19.0 Å². The molecule has 0 fully saturated rings. The lowest BCUT2D eigenvalue weighted by Crippen LogP contribution is -2.23. The maximum atomic E-state index is 13.4. The lowest BCUT2D eigenvalue weighted by Gasteiger charge is -2.07. The van der Waals surface area contributed by atoms with Crippen molar-refractivity contribution < 1.29 is 9.13 Å². The van der Waals surface area contributed by atoms with Gasteiger partial charge in [0.25, 0.3) is 0 Å². The third kappa shape index (κ3) is 5.16. The van der Waals surface area contributed by atoms with Crippen LogP contribution in [0.25, 0.3) is 16.9 Å². The molecule has 0 radical (unpaired) electrons. The normalized spacial score (nSPS) is 10.8. The van der Waals surface area contributed by atoms with Crippen LogP contribution in [0.2, 0.25) is 0 Å². The van der Waals surface area contributed by atoms with E-state index >= 15 is 0 Å². The van der Waals surface area contributed by atoms with Crippen LogP contribution in [0.15, 0.2) is 90.2 Å². The molecule has 0 bridgehead atoms. The molecule has 0 unspecified atom stereocenters. The Morgan fingerprint density at radius 3 is 2.44 bits per heavy atom. The first-order chi connectivity index (χ1) is 15.6. The fourth-order valence-corrected chi connectivity index (χ4v) is 3.19. The van der Waals surface area contributed by atoms with E-state index in [2.05, 4.69) is 20.9 Å². The molecule has 4 rings (SSSR count). The highest BCUT2D eigenvalue weighted by molar-refractivity contribution is 7.80. The first-order valence-electron chi connectivity index (χ1n) is 9.77. The summed E-state index contributed by atoms with van der Waals surface area (Å²) in [4.78, 5) is 0. The van der Waals surface area contributed by atoms with Gasteiger partial charge in [-0.25, -0.2) is 9.07 Å². The molecular weight excluding hydrogens is 425 g/mol. The maximum absolute atomic E-state index is 13.4. The van der Waals surface area contributed by atoms with Crippen molar-refractivity contribution in [2.75, 3.05) is 12.4 Å². The molecule has 4 aromatic rings. The molecule has 0 atom stereocenters. The summed E-state index contributed by atoms with van der Waals surface area (Å²) in [5, 5.41) is 12.3. The van der Waals surface area contributed by atoms with Crippen LogP contribution in [0.4, 0.5) is 10.1 Å². The number of methoxy groups -OCH3 is 1. The molecule has 2 N–H and O–H groups in total. The highest BCUT2D eigenvalue weighted by atomic mass is 32.1. The summed E-state index contributed by atoms with van der Waals surface area (Å²) in [5.74, 6) is 0.458. The second-order valence-corrected chi connectivity index (χ2v) is 7.18. The molecule has 0 spiro atoms. The summed E-state index contributed by atoms with van der Waals surface area (Å²) in [6.45, 7) is 0. The van der Waals surface area contributed by atoms with Gasteiger partial charge in [-0.05, 0) is 72.9 Å². The second kappa shape index (κ2) is 9.84. The van der Waals surface area contributed by atoms with E-state index in [0.29, 0.717) is 10.8 Å². The molecule has 32 heavy (non-hydrogen) atoms. The number of nitrogens with zero attached hydrogens (tertiary/aromatic N) is 3. The Morgan fingerprint density at radius 1 is 1.03 bits per heavy atom. The summed E-state index contributed by atoms with van der Waals surface area (Å²) in [6.07, 6.45) is 3.49. The summed E-state index contributed by atoms with van der Waals surface area (Å²) in [6, 6.07) is 23.3. The minimum atomic E-state index is -0.303. The molecule has 1 heterocycles. The molecular formula is C24H20FN5OS. The number of rotatable bonds is 6. The summed E-state index contributed by atoms with van der Waals surface area (Å²) in [7, 11) is 1.61. The molecule has 1 aromatic heterocycles. The number of hydrogen-bond donors (Lipinski definition) is 2. The fourth-order valence-electron chi connectivity index (χ4n) is 3.02. The molecule has 0 aliphatic heterocycles. The standard InChI is InChI=1S/C24H20FN5OS/c1-31-22-13-11-20(12-14-22)27-24(32)28-26-15-18-16-30(21-5-3-2-4-6-21)29-23(18)17-7-9-19(25)10-8-17/h2-16H,1H3,(H2,27,28,32)/b26-15+. The number of halogens is 1. The highest BCUT2D eigenvalue weighted by Gasteiger charge is 2.11. The van der Waals surface area contributed by atoms with E-state index in [0.717, 1.165) is 28.3 Å². The predicted molar refractivity (Wildman–Crippen MR) is 129 cm³/mol. The van der Waals surface area contributed by atoms with E-state index in [1.807, 2.05) is 60.8 Å². The zero-order valence-electron chi connectivity index (χ0n) is 17.2. The Balaban J connectivity index is 1.53. The predicted octanol–water partition coefficient (Wildman–Crippen LogP) is 5.01. The number of aromatic nitrogens is 2. The van der Waals surface area contributed by atoms with Crippen molar-refractivity contribution in [2.45, 2.75) is 0 Å². The molecule has 8 heteroatoms. The zero-order valence-corrected chi connectivity index (χ0v) is 18.0. The first kappa shape index (κ1) is 21.2. The SMILES string of the molecule is COc1ccc(NC(=S)N/N=C/c2cn(-c3ccccc3)nc2-c2ccc(F)cc2)cc1. The Hall–Kier alpha value is -4.04. The lowest BCUT2D eigenvalue weighted by atomic mass is 10.1. The number of benzene rings is 3. The maximum Gasteiger partial charge on any atom is 0.191 e. The van der Waals surface area contributed by atoms with Crippen molar-refractivity contribution >= 4 is 29.2 Å². The van der Waals surface area contributed by atoms with E-state index in [9.17, 15) is 4.39 Å². The van der Waals surface area contributed by atoms with Gasteiger partial charge < -0.3 is 10.1 Å². The topological polar surface area (TPSA) is 63.5 Å². The van der Waals surface area contributed by atoms with Gasteiger partial charge in [-0.3, -0.25) is 5.43 Å². The Bertz CT molecular complexity index is 1220. The third-order valence-corrected chi connectivity index (χ3v) is 4.79. The number of ether oxygens (including phenoxy) is 1. The molecule has 160 valence electrons. The van der Waals surface area contributed by atoms with Gasteiger partial charge in [0.15, 0.2) is 5.11 Å². The number of anilines is 1. The van der Waals surface area contributed by atoms with Gasteiger partial charge in [0.2, 0.25) is 0 Å². The summed E-state index contributed by atoms with van der Waals surface area (Å²) < 4.78 is 20.3. The number of para-hydroxylation sites is 1. The van der Waals surface area contributed by atoms with Crippen LogP contribution in [0.1, 0.15) is 5.56 Å². The van der Waals surface area contributed by atoms with E-state index in [4.69, 9.17) is 17.0 Å². The Kier molecular flexibility index (Phi) is 6.52. The molecule has 0 amide bonds. The van der Waals surface area contributed by atoms with Crippen molar-refractivity contribution in [3.05, 3.63) is 96.4 Å². The highest BCUT2D eigenvalue weighted by Crippen LogP contribution is 2.23. The van der Waals surface area contributed by atoms with E-state index in [1.165, 1.54) is 12.1 Å². The fraction of sp³-hybridized carbons (Fsp3) is 0.0417. The van der Waals surface area contributed by atoms with Crippen LogP contribution >= 0.6 is 12.2 Å². The zero-order chi connectivity index (χ0) is 22.3. The van der Waals surface area contributed by atoms with E-state index in [1.54, 1.807) is 30.1 Å². The number of hydrogen-bond acceptors (Lipinski definition) is 4. The first-order valence-corrected chi connectivity index (χ1v) is 10.2. The van der Waals surface area contributed by atoms with Crippen LogP contribution in [-0.4, -0.2) is 28.2 Å². The molecule has 0 saturated heterocycles. The molecule has 0 aliphatic carbocycles. The minimum Gasteiger partial charge on any atom is -0.497 e. The third-order valence-electron chi connectivity index (χ3n) is 4.60. The van der Waals surface area contributed by atoms with E-state index in [-0.39, 0.29) is 5.82 Å². The Morgan fingerprint density at radius 2 is 1.75 bits per heavy atom. The molecule has 0 saturated carbocycles. The van der Waals surface area contributed by atoms with Crippen LogP contribution in [-0.2, 0) is 0 Å². The molecule has 0 aliphatic rings. The van der Waals surface area contributed by atoms with Gasteiger partial charge in [0.1, 0.15) is 17.3 Å². The van der Waals surface area contributed by atoms with Crippen LogP contribution < -0.4 is 15.5 Å². The average molecular weight is 446 g/mol. The second-order valence-electron chi connectivity index (χ2n) is 6.77. The minimum absolute atomic E-state index is 0.303. The van der Waals surface area contributed by atoms with Gasteiger partial charge in [-0.2, -0.15) is 10.2 Å². The van der Waals surface area contributed by atoms with Gasteiger partial charge in [-0.1, -0.05) is 18.2 Å². The van der Waals surface area contributed by atoms with Crippen molar-refractivity contribution in [3.63, 3.8) is 0 Å². The van der Waals surface area contributed by atoms with Crippen molar-refractivity contribution in [1.29, 1.82) is 0 Å². The van der Waals surface area contributed by atoms with Crippen LogP contribution in [0.3, 0.4) is 0 Å². The Labute approximate surface area is 190 Å². The largest absolute Gasteiger partial charge is 0.497 e. The van der Waals surface area contributed by atoms with E-state index < -0.39 is 0 Å². The summed E-state index contributed by atoms with van der Waals surface area (Å²) >= 11 is 5.31. The van der Waals surface area contributed by atoms with Gasteiger partial charge in [-0.15, -0.1) is 0 Å². The monoisotopic (exact) mass is 445 g/mol. The molecule has 6 nitrogen and oxygen atoms in total. The smallest absolute Gasteiger partial charge is 0.191 e. The summed E-state index contributed by atoms with van der Waals surface area (Å²) in [5.41, 5.74) is 6.72. The quantitative estimate of drug-likeness (QED) is 0.248. The molecule has 3 aromatic carbocycles. The van der Waals surface area contributed by atoms with Crippen LogP contribution in [0, 0.1) is 5.82 Å². The number of nitrogens with one attached hydrogen (secondary N) is 2.